The van der Waals surface area contributed by atoms with Crippen molar-refractivity contribution in [3.05, 3.63) is 102 Å². The Morgan fingerprint density at radius 1 is 0.895 bits per heavy atom. The molecule has 0 spiro atoms. The van der Waals surface area contributed by atoms with E-state index in [2.05, 4.69) is 0 Å². The molecular formula is C29H27F3O6. The van der Waals surface area contributed by atoms with Crippen molar-refractivity contribution in [2.24, 2.45) is 0 Å². The Morgan fingerprint density at radius 2 is 1.47 bits per heavy atom. The van der Waals surface area contributed by atoms with E-state index in [1.54, 1.807) is 24.3 Å². The summed E-state index contributed by atoms with van der Waals surface area (Å²) in [5.41, 5.74) is -2.48. The van der Waals surface area contributed by atoms with Crippen LogP contribution in [0.1, 0.15) is 29.5 Å². The number of phenolic OH excluding ortho intramolecular Hbond substituents is 2. The molecule has 3 aromatic carbocycles. The van der Waals surface area contributed by atoms with Crippen LogP contribution < -0.4 is 0 Å². The van der Waals surface area contributed by atoms with E-state index in [-0.39, 0.29) is 30.8 Å². The average Bonchev–Trinajstić information content (AvgIpc) is 2.88. The lowest BCUT2D eigenvalue weighted by molar-refractivity contribution is -0.278. The molecule has 6 nitrogen and oxygen atoms in total. The molecular weight excluding hydrogens is 501 g/mol. The summed E-state index contributed by atoms with van der Waals surface area (Å²) in [6.07, 6.45) is -3.69. The van der Waals surface area contributed by atoms with Crippen LogP contribution in [0.2, 0.25) is 0 Å². The first-order valence-electron chi connectivity index (χ1n) is 11.7. The first-order valence-corrected chi connectivity index (χ1v) is 11.7. The molecule has 0 fully saturated rings. The van der Waals surface area contributed by atoms with Gasteiger partial charge < -0.3 is 19.7 Å². The van der Waals surface area contributed by atoms with Crippen LogP contribution in [-0.2, 0) is 31.1 Å². The minimum Gasteiger partial charge on any atom is -0.508 e. The number of rotatable bonds is 11. The normalized spacial score (nSPS) is 14.1. The molecule has 0 amide bonds. The van der Waals surface area contributed by atoms with Gasteiger partial charge in [0, 0.05) is 19.1 Å². The minimum absolute atomic E-state index is 0.0434. The molecule has 38 heavy (non-hydrogen) atoms. The first kappa shape index (κ1) is 28.5. The highest BCUT2D eigenvalue weighted by molar-refractivity contribution is 5.94. The molecule has 0 bridgehead atoms. The van der Waals surface area contributed by atoms with Crippen LogP contribution in [0.3, 0.4) is 0 Å². The third-order valence-electron chi connectivity index (χ3n) is 5.92. The zero-order valence-corrected chi connectivity index (χ0v) is 20.5. The molecule has 0 heterocycles. The molecule has 0 aliphatic heterocycles. The fraction of sp³-hybridized carbons (Fsp3) is 0.241. The molecule has 0 aromatic heterocycles. The average molecular weight is 529 g/mol. The molecule has 2 atom stereocenters. The molecule has 0 aliphatic rings. The highest BCUT2D eigenvalue weighted by atomic mass is 19.4. The highest BCUT2D eigenvalue weighted by Gasteiger charge is 2.64. The van der Waals surface area contributed by atoms with E-state index >= 15 is 0 Å². The molecule has 0 radical (unpaired) electrons. The molecule has 200 valence electrons. The Labute approximate surface area is 218 Å². The van der Waals surface area contributed by atoms with Crippen molar-refractivity contribution in [3.63, 3.8) is 0 Å². The number of hydrogen-bond donors (Lipinski definition) is 2. The van der Waals surface area contributed by atoms with Crippen LogP contribution >= 0.6 is 0 Å². The number of carbonyl (C=O) groups excluding carboxylic acids is 2. The maximum Gasteiger partial charge on any atom is 0.432 e. The van der Waals surface area contributed by atoms with Gasteiger partial charge in [-0.3, -0.25) is 4.79 Å². The van der Waals surface area contributed by atoms with Gasteiger partial charge in [0.05, 0.1) is 0 Å². The molecule has 0 saturated heterocycles. The number of aromatic hydroxyl groups is 2. The monoisotopic (exact) mass is 528 g/mol. The van der Waals surface area contributed by atoms with Crippen LogP contribution in [-0.4, -0.2) is 41.4 Å². The molecule has 9 heteroatoms. The lowest BCUT2D eigenvalue weighted by atomic mass is 9.92. The van der Waals surface area contributed by atoms with Gasteiger partial charge in [0.1, 0.15) is 17.6 Å². The summed E-state index contributed by atoms with van der Waals surface area (Å²) in [5, 5.41) is 18.9. The summed E-state index contributed by atoms with van der Waals surface area (Å²) in [5.74, 6) is -2.05. The molecule has 0 unspecified atom stereocenters. The zero-order valence-electron chi connectivity index (χ0n) is 20.5. The van der Waals surface area contributed by atoms with Crippen molar-refractivity contribution in [1.82, 2.24) is 0 Å². The SMILES string of the molecule is CO[C@@](C(=O)O[C@H](CCc1ccc(O)cc1)CC(=O)/C=C/c1ccc(O)cc1)(c1ccccc1)C(F)(F)F. The van der Waals surface area contributed by atoms with Crippen LogP contribution in [0.4, 0.5) is 13.2 Å². The van der Waals surface area contributed by atoms with Gasteiger partial charge in [0.15, 0.2) is 5.78 Å². The van der Waals surface area contributed by atoms with E-state index in [0.717, 1.165) is 24.8 Å². The number of methoxy groups -OCH3 is 1. The van der Waals surface area contributed by atoms with Gasteiger partial charge >= 0.3 is 12.1 Å². The summed E-state index contributed by atoms with van der Waals surface area (Å²) >= 11 is 0. The zero-order chi connectivity index (χ0) is 27.8. The maximum absolute atomic E-state index is 14.3. The predicted molar refractivity (Wildman–Crippen MR) is 134 cm³/mol. The highest BCUT2D eigenvalue weighted by Crippen LogP contribution is 2.43. The third kappa shape index (κ3) is 7.01. The van der Waals surface area contributed by atoms with Gasteiger partial charge in [0.2, 0.25) is 0 Å². The van der Waals surface area contributed by atoms with E-state index in [9.17, 15) is 33.0 Å². The number of esters is 1. The number of carbonyl (C=O) groups is 2. The largest absolute Gasteiger partial charge is 0.508 e. The fourth-order valence-corrected chi connectivity index (χ4v) is 3.88. The second-order valence-corrected chi connectivity index (χ2v) is 8.58. The summed E-state index contributed by atoms with van der Waals surface area (Å²) in [6.45, 7) is 0. The van der Waals surface area contributed by atoms with E-state index in [4.69, 9.17) is 9.47 Å². The van der Waals surface area contributed by atoms with E-state index < -0.39 is 35.2 Å². The number of aryl methyl sites for hydroxylation is 1. The third-order valence-corrected chi connectivity index (χ3v) is 5.92. The predicted octanol–water partition coefficient (Wildman–Crippen LogP) is 5.72. The summed E-state index contributed by atoms with van der Waals surface area (Å²) < 4.78 is 53.1. The Kier molecular flexibility index (Phi) is 9.30. The standard InChI is InChI=1S/C29H27F3O6/c1-37-28(29(30,31)32,22-5-3-2-4-6-22)27(36)38-26(18-12-21-9-15-24(34)16-10-21)19-25(35)17-11-20-7-13-23(33)14-8-20/h2-11,13-17,26,33-34H,12,18-19H2,1H3/b17-11+/t26-,28-/m1/s1. The number of phenols is 2. The maximum atomic E-state index is 14.3. The van der Waals surface area contributed by atoms with Gasteiger partial charge in [-0.05, 0) is 54.3 Å². The fourth-order valence-electron chi connectivity index (χ4n) is 3.88. The molecule has 3 rings (SSSR count). The number of ketones is 1. The molecule has 0 aliphatic carbocycles. The van der Waals surface area contributed by atoms with Crippen molar-refractivity contribution in [2.75, 3.05) is 7.11 Å². The Balaban J connectivity index is 1.85. The topological polar surface area (TPSA) is 93.1 Å². The van der Waals surface area contributed by atoms with Crippen molar-refractivity contribution in [2.45, 2.75) is 37.1 Å². The summed E-state index contributed by atoms with van der Waals surface area (Å²) in [6, 6.07) is 18.7. The number of ether oxygens (including phenoxy) is 2. The second-order valence-electron chi connectivity index (χ2n) is 8.58. The second kappa shape index (κ2) is 12.4. The number of benzene rings is 3. The van der Waals surface area contributed by atoms with Crippen molar-refractivity contribution < 1.29 is 42.4 Å². The Bertz CT molecular complexity index is 1240. The number of halogens is 3. The van der Waals surface area contributed by atoms with Gasteiger partial charge in [-0.15, -0.1) is 0 Å². The Hall–Kier alpha value is -4.11. The van der Waals surface area contributed by atoms with Crippen molar-refractivity contribution >= 4 is 17.8 Å². The van der Waals surface area contributed by atoms with Crippen LogP contribution in [0.25, 0.3) is 6.08 Å². The lowest BCUT2D eigenvalue weighted by Gasteiger charge is -2.33. The van der Waals surface area contributed by atoms with E-state index in [1.807, 2.05) is 0 Å². The van der Waals surface area contributed by atoms with Crippen LogP contribution in [0.15, 0.2) is 84.9 Å². The first-order chi connectivity index (χ1) is 18.0. The number of hydrogen-bond acceptors (Lipinski definition) is 6. The Morgan fingerprint density at radius 3 is 2.03 bits per heavy atom. The summed E-state index contributed by atoms with van der Waals surface area (Å²) in [4.78, 5) is 25.9. The number of alkyl halides is 3. The van der Waals surface area contributed by atoms with Gasteiger partial charge in [-0.2, -0.15) is 13.2 Å². The quantitative estimate of drug-likeness (QED) is 0.244. The molecule has 3 aromatic rings. The number of allylic oxidation sites excluding steroid dienone is 1. The van der Waals surface area contributed by atoms with Crippen LogP contribution in [0.5, 0.6) is 11.5 Å². The van der Waals surface area contributed by atoms with Gasteiger partial charge in [0.25, 0.3) is 5.60 Å². The van der Waals surface area contributed by atoms with E-state index in [0.29, 0.717) is 5.56 Å². The lowest BCUT2D eigenvalue weighted by Crippen LogP contribution is -2.52. The van der Waals surface area contributed by atoms with Gasteiger partial charge in [-0.25, -0.2) is 4.79 Å². The van der Waals surface area contributed by atoms with Crippen molar-refractivity contribution in [1.29, 1.82) is 0 Å². The van der Waals surface area contributed by atoms with E-state index in [1.165, 1.54) is 54.6 Å². The van der Waals surface area contributed by atoms with Crippen molar-refractivity contribution in [3.8, 4) is 11.5 Å². The van der Waals surface area contributed by atoms with Gasteiger partial charge in [-0.1, -0.05) is 60.7 Å². The molecule has 0 saturated carbocycles. The molecule has 2 N–H and O–H groups in total. The minimum atomic E-state index is -5.15. The van der Waals surface area contributed by atoms with Crippen LogP contribution in [0, 0.1) is 0 Å². The smallest absolute Gasteiger partial charge is 0.432 e. The summed E-state index contributed by atoms with van der Waals surface area (Å²) in [7, 11) is 0.777.